The Hall–Kier alpha value is -1.01. The van der Waals surface area contributed by atoms with Crippen molar-refractivity contribution in [1.82, 2.24) is 0 Å². The van der Waals surface area contributed by atoms with Crippen LogP contribution in [0.5, 0.6) is 0 Å². The second kappa shape index (κ2) is 5.18. The third kappa shape index (κ3) is 4.85. The van der Waals surface area contributed by atoms with Gasteiger partial charge in [0.05, 0.1) is 13.0 Å². The Morgan fingerprint density at radius 2 is 1.93 bits per heavy atom. The van der Waals surface area contributed by atoms with Gasteiger partial charge in [0.15, 0.2) is 0 Å². The van der Waals surface area contributed by atoms with Crippen molar-refractivity contribution in [2.45, 2.75) is 25.8 Å². The third-order valence-electron chi connectivity index (χ3n) is 1.65. The van der Waals surface area contributed by atoms with E-state index in [1.807, 2.05) is 0 Å². The average molecular weight is 224 g/mol. The molecule has 1 N–H and O–H groups in total. The number of ether oxygens (including phenoxy) is 1. The van der Waals surface area contributed by atoms with Crippen LogP contribution in [0, 0.1) is 0 Å². The van der Waals surface area contributed by atoms with Crippen molar-refractivity contribution in [3.63, 3.8) is 0 Å². The molecule has 6 heteroatoms. The molecule has 0 aliphatic rings. The van der Waals surface area contributed by atoms with E-state index in [4.69, 9.17) is 14.3 Å². The van der Waals surface area contributed by atoms with Crippen LogP contribution in [0.25, 0.3) is 0 Å². The maximum absolute atomic E-state index is 11.7. The summed E-state index contributed by atoms with van der Waals surface area (Å²) in [6.45, 7) is -0.642. The molecule has 3 nitrogen and oxygen atoms in total. The first-order chi connectivity index (χ1) is 7.01. The van der Waals surface area contributed by atoms with Crippen LogP contribution in [0.4, 0.5) is 13.2 Å². The summed E-state index contributed by atoms with van der Waals surface area (Å²) in [6.07, 6.45) is -5.17. The van der Waals surface area contributed by atoms with Gasteiger partial charge in [-0.25, -0.2) is 0 Å². The number of rotatable bonds is 5. The van der Waals surface area contributed by atoms with Crippen molar-refractivity contribution in [2.75, 3.05) is 6.61 Å². The predicted octanol–water partition coefficient (Wildman–Crippen LogP) is 2.24. The van der Waals surface area contributed by atoms with Gasteiger partial charge in [-0.05, 0) is 12.1 Å². The molecule has 0 saturated heterocycles. The van der Waals surface area contributed by atoms with E-state index in [1.54, 1.807) is 12.1 Å². The molecule has 0 aliphatic heterocycles. The van der Waals surface area contributed by atoms with Gasteiger partial charge in [-0.15, -0.1) is 0 Å². The van der Waals surface area contributed by atoms with Crippen LogP contribution in [0.3, 0.4) is 0 Å². The number of aliphatic hydroxyl groups is 1. The van der Waals surface area contributed by atoms with Gasteiger partial charge in [0.1, 0.15) is 24.7 Å². The fourth-order valence-electron chi connectivity index (χ4n) is 0.946. The molecular formula is C9H11F3O3. The molecule has 0 bridgehead atoms. The fourth-order valence-corrected chi connectivity index (χ4v) is 0.946. The second-order valence-electron chi connectivity index (χ2n) is 2.94. The molecule has 15 heavy (non-hydrogen) atoms. The minimum Gasteiger partial charge on any atom is -0.461 e. The Labute approximate surface area is 84.5 Å². The van der Waals surface area contributed by atoms with Crippen LogP contribution in [-0.2, 0) is 18.0 Å². The lowest BCUT2D eigenvalue weighted by molar-refractivity contribution is -0.146. The summed E-state index contributed by atoms with van der Waals surface area (Å²) in [5.74, 6) is 0.769. The molecule has 0 spiro atoms. The summed E-state index contributed by atoms with van der Waals surface area (Å²) in [6, 6.07) is 3.10. The lowest BCUT2D eigenvalue weighted by Crippen LogP contribution is -2.11. The molecular weight excluding hydrogens is 213 g/mol. The van der Waals surface area contributed by atoms with Crippen molar-refractivity contribution in [3.05, 3.63) is 23.7 Å². The molecule has 86 valence electrons. The molecule has 1 aromatic heterocycles. The van der Waals surface area contributed by atoms with Crippen LogP contribution < -0.4 is 0 Å². The molecule has 0 fully saturated rings. The van der Waals surface area contributed by atoms with E-state index in [2.05, 4.69) is 0 Å². The van der Waals surface area contributed by atoms with Crippen LogP contribution in [0.1, 0.15) is 17.9 Å². The van der Waals surface area contributed by atoms with Gasteiger partial charge in [-0.1, -0.05) is 0 Å². The van der Waals surface area contributed by atoms with Crippen molar-refractivity contribution < 1.29 is 27.4 Å². The number of alkyl halides is 3. The van der Waals surface area contributed by atoms with Crippen LogP contribution in [-0.4, -0.2) is 17.9 Å². The highest BCUT2D eigenvalue weighted by atomic mass is 19.4. The highest BCUT2D eigenvalue weighted by Gasteiger charge is 2.26. The monoisotopic (exact) mass is 224 g/mol. The summed E-state index contributed by atoms with van der Waals surface area (Å²) in [7, 11) is 0. The van der Waals surface area contributed by atoms with Crippen molar-refractivity contribution >= 4 is 0 Å². The average Bonchev–Trinajstić information content (AvgIpc) is 2.59. The van der Waals surface area contributed by atoms with E-state index < -0.39 is 19.2 Å². The van der Waals surface area contributed by atoms with Gasteiger partial charge in [0, 0.05) is 0 Å². The Morgan fingerprint density at radius 1 is 1.27 bits per heavy atom. The Bertz CT molecular complexity index is 293. The first-order valence-electron chi connectivity index (χ1n) is 4.34. The van der Waals surface area contributed by atoms with Gasteiger partial charge in [-0.2, -0.15) is 13.2 Å². The fraction of sp³-hybridized carbons (Fsp3) is 0.556. The molecule has 0 atom stereocenters. The third-order valence-corrected chi connectivity index (χ3v) is 1.65. The van der Waals surface area contributed by atoms with E-state index in [9.17, 15) is 13.2 Å². The minimum absolute atomic E-state index is 0.0178. The number of aliphatic hydroxyl groups excluding tert-OH is 1. The van der Waals surface area contributed by atoms with Gasteiger partial charge >= 0.3 is 6.18 Å². The zero-order valence-corrected chi connectivity index (χ0v) is 7.88. The van der Waals surface area contributed by atoms with Crippen molar-refractivity contribution in [3.8, 4) is 0 Å². The maximum Gasteiger partial charge on any atom is 0.391 e. The molecule has 0 unspecified atom stereocenters. The number of hydrogen-bond acceptors (Lipinski definition) is 3. The predicted molar refractivity (Wildman–Crippen MR) is 45.0 cm³/mol. The number of halogens is 3. The zero-order valence-electron chi connectivity index (χ0n) is 7.88. The van der Waals surface area contributed by atoms with Gasteiger partial charge < -0.3 is 14.3 Å². The molecule has 1 rings (SSSR count). The Kier molecular flexibility index (Phi) is 4.16. The van der Waals surface area contributed by atoms with Crippen molar-refractivity contribution in [2.24, 2.45) is 0 Å². The summed E-state index contributed by atoms with van der Waals surface area (Å²) in [5.41, 5.74) is 0. The first-order valence-corrected chi connectivity index (χ1v) is 4.34. The molecule has 1 heterocycles. The molecule has 0 aromatic carbocycles. The number of furan rings is 1. The van der Waals surface area contributed by atoms with Gasteiger partial charge in [0.25, 0.3) is 0 Å². The van der Waals surface area contributed by atoms with E-state index in [0.29, 0.717) is 11.5 Å². The van der Waals surface area contributed by atoms with Gasteiger partial charge in [-0.3, -0.25) is 0 Å². The molecule has 0 saturated carbocycles. The Morgan fingerprint density at radius 3 is 2.47 bits per heavy atom. The standard InChI is InChI=1S/C9H11F3O3/c10-9(11,12)3-4-14-6-8-2-1-7(5-13)15-8/h1-2,13H,3-6H2. The maximum atomic E-state index is 11.7. The largest absolute Gasteiger partial charge is 0.461 e. The smallest absolute Gasteiger partial charge is 0.391 e. The molecule has 0 amide bonds. The topological polar surface area (TPSA) is 42.6 Å². The lowest BCUT2D eigenvalue weighted by atomic mass is 10.4. The van der Waals surface area contributed by atoms with Gasteiger partial charge in [0.2, 0.25) is 0 Å². The Balaban J connectivity index is 2.20. The van der Waals surface area contributed by atoms with E-state index in [0.717, 1.165) is 0 Å². The summed E-state index contributed by atoms with van der Waals surface area (Å²) in [4.78, 5) is 0. The van der Waals surface area contributed by atoms with E-state index in [1.165, 1.54) is 0 Å². The summed E-state index contributed by atoms with van der Waals surface area (Å²) in [5, 5.41) is 8.65. The van der Waals surface area contributed by atoms with E-state index >= 15 is 0 Å². The normalized spacial score (nSPS) is 12.0. The SMILES string of the molecule is OCc1ccc(COCCC(F)(F)F)o1. The summed E-state index contributed by atoms with van der Waals surface area (Å²) < 4.78 is 44.9. The molecule has 0 radical (unpaired) electrons. The second-order valence-corrected chi connectivity index (χ2v) is 2.94. The van der Waals surface area contributed by atoms with Crippen LogP contribution in [0.15, 0.2) is 16.5 Å². The van der Waals surface area contributed by atoms with Crippen molar-refractivity contribution in [1.29, 1.82) is 0 Å². The number of hydrogen-bond donors (Lipinski definition) is 1. The highest BCUT2D eigenvalue weighted by Crippen LogP contribution is 2.19. The molecule has 0 aliphatic carbocycles. The molecule has 1 aromatic rings. The van der Waals surface area contributed by atoms with Crippen LogP contribution >= 0.6 is 0 Å². The first kappa shape index (κ1) is 12.1. The minimum atomic E-state index is -4.20. The van der Waals surface area contributed by atoms with Crippen LogP contribution in [0.2, 0.25) is 0 Å². The lowest BCUT2D eigenvalue weighted by Gasteiger charge is -2.05. The highest BCUT2D eigenvalue weighted by molar-refractivity contribution is 5.05. The zero-order chi connectivity index (χ0) is 11.3. The quantitative estimate of drug-likeness (QED) is 0.780. The van der Waals surface area contributed by atoms with E-state index in [-0.39, 0.29) is 13.2 Å². The summed E-state index contributed by atoms with van der Waals surface area (Å²) >= 11 is 0.